The number of hydrogen-bond donors (Lipinski definition) is 3. The minimum absolute atomic E-state index is 0.0399. The summed E-state index contributed by atoms with van der Waals surface area (Å²) in [6.45, 7) is 0.210. The van der Waals surface area contributed by atoms with Crippen LogP contribution in [0.2, 0.25) is 0 Å². The van der Waals surface area contributed by atoms with Crippen molar-refractivity contribution >= 4 is 17.8 Å². The molecule has 7 nitrogen and oxygen atoms in total. The molecule has 0 unspecified atom stereocenters. The van der Waals surface area contributed by atoms with Gasteiger partial charge < -0.3 is 15.7 Å². The molecule has 0 aliphatic heterocycles. The predicted octanol–water partition coefficient (Wildman–Crippen LogP) is 1.96. The van der Waals surface area contributed by atoms with Gasteiger partial charge in [-0.25, -0.2) is 14.8 Å². The Kier molecular flexibility index (Phi) is 6.10. The average molecular weight is 368 g/mol. The third kappa shape index (κ3) is 5.43. The Hall–Kier alpha value is -3.17. The number of halogens is 3. The zero-order valence-corrected chi connectivity index (χ0v) is 13.4. The van der Waals surface area contributed by atoms with Crippen molar-refractivity contribution in [1.29, 1.82) is 0 Å². The summed E-state index contributed by atoms with van der Waals surface area (Å²) in [7, 11) is 0. The second-order valence-electron chi connectivity index (χ2n) is 5.18. The fraction of sp³-hybridized carbons (Fsp3) is 0.250. The molecular formula is C16H15F3N4O3. The molecular weight excluding hydrogens is 353 g/mol. The van der Waals surface area contributed by atoms with E-state index in [9.17, 15) is 22.8 Å². The Labute approximate surface area is 146 Å². The summed E-state index contributed by atoms with van der Waals surface area (Å²) >= 11 is 0. The van der Waals surface area contributed by atoms with Crippen molar-refractivity contribution in [2.45, 2.75) is 12.6 Å². The Morgan fingerprint density at radius 1 is 1.12 bits per heavy atom. The fourth-order valence-corrected chi connectivity index (χ4v) is 2.10. The highest BCUT2D eigenvalue weighted by Gasteiger charge is 2.32. The van der Waals surface area contributed by atoms with Crippen LogP contribution < -0.4 is 10.6 Å². The second kappa shape index (κ2) is 8.28. The summed E-state index contributed by atoms with van der Waals surface area (Å²) in [4.78, 5) is 30.0. The first-order valence-corrected chi connectivity index (χ1v) is 7.49. The number of carbonyl (C=O) groups is 2. The van der Waals surface area contributed by atoms with Crippen LogP contribution in [0.5, 0.6) is 0 Å². The van der Waals surface area contributed by atoms with E-state index < -0.39 is 23.7 Å². The number of carbonyl (C=O) groups excluding carboxylic acids is 1. The number of alkyl halides is 3. The van der Waals surface area contributed by atoms with E-state index in [0.29, 0.717) is 5.56 Å². The van der Waals surface area contributed by atoms with Gasteiger partial charge >= 0.3 is 12.1 Å². The number of anilines is 1. The Balaban J connectivity index is 1.82. The van der Waals surface area contributed by atoms with Crippen molar-refractivity contribution < 1.29 is 27.9 Å². The molecule has 0 atom stereocenters. The molecule has 0 saturated carbocycles. The maximum Gasteiger partial charge on any atom is 0.433 e. The van der Waals surface area contributed by atoms with E-state index in [-0.39, 0.29) is 31.0 Å². The topological polar surface area (TPSA) is 104 Å². The number of aromatic nitrogens is 2. The normalized spacial score (nSPS) is 11.0. The van der Waals surface area contributed by atoms with Crippen molar-refractivity contribution in [3.05, 3.63) is 53.3 Å². The third-order valence-electron chi connectivity index (χ3n) is 3.28. The molecule has 2 aromatic rings. The van der Waals surface area contributed by atoms with Crippen LogP contribution >= 0.6 is 0 Å². The maximum atomic E-state index is 12.5. The molecule has 2 rings (SSSR count). The fourth-order valence-electron chi connectivity index (χ4n) is 2.10. The highest BCUT2D eigenvalue weighted by atomic mass is 19.4. The number of hydrogen-bond acceptors (Lipinski definition) is 5. The smallest absolute Gasteiger partial charge is 0.433 e. The lowest BCUT2D eigenvalue weighted by Crippen LogP contribution is -2.30. The molecule has 1 amide bonds. The first kappa shape index (κ1) is 19.2. The van der Waals surface area contributed by atoms with Gasteiger partial charge in [-0.2, -0.15) is 13.2 Å². The van der Waals surface area contributed by atoms with E-state index in [0.717, 1.165) is 12.3 Å². The van der Waals surface area contributed by atoms with Gasteiger partial charge in [-0.15, -0.1) is 0 Å². The Morgan fingerprint density at radius 3 is 2.54 bits per heavy atom. The van der Waals surface area contributed by atoms with Gasteiger partial charge in [-0.05, 0) is 17.7 Å². The zero-order valence-electron chi connectivity index (χ0n) is 13.4. The van der Waals surface area contributed by atoms with Crippen LogP contribution in [0.25, 0.3) is 0 Å². The van der Waals surface area contributed by atoms with Gasteiger partial charge in [-0.3, -0.25) is 4.79 Å². The van der Waals surface area contributed by atoms with Gasteiger partial charge in [0, 0.05) is 19.3 Å². The number of nitrogens with zero attached hydrogens (tertiary/aromatic N) is 2. The van der Waals surface area contributed by atoms with Crippen molar-refractivity contribution in [2.24, 2.45) is 0 Å². The molecule has 0 aliphatic rings. The average Bonchev–Trinajstić information content (AvgIpc) is 2.58. The molecule has 138 valence electrons. The summed E-state index contributed by atoms with van der Waals surface area (Å²) in [5.41, 5.74) is -0.658. The summed E-state index contributed by atoms with van der Waals surface area (Å²) < 4.78 is 37.6. The molecule has 0 radical (unpaired) electrons. The van der Waals surface area contributed by atoms with Gasteiger partial charge in [0.25, 0.3) is 0 Å². The lowest BCUT2D eigenvalue weighted by atomic mass is 10.0. The molecule has 0 fully saturated rings. The molecule has 0 spiro atoms. The molecule has 0 saturated heterocycles. The number of aromatic carboxylic acids is 1. The van der Waals surface area contributed by atoms with Crippen LogP contribution in [0, 0.1) is 0 Å². The largest absolute Gasteiger partial charge is 0.478 e. The summed E-state index contributed by atoms with van der Waals surface area (Å²) in [5, 5.41) is 14.2. The van der Waals surface area contributed by atoms with Gasteiger partial charge in [0.15, 0.2) is 0 Å². The lowest BCUT2D eigenvalue weighted by Gasteiger charge is -2.10. The predicted molar refractivity (Wildman–Crippen MR) is 85.6 cm³/mol. The third-order valence-corrected chi connectivity index (χ3v) is 3.28. The number of amides is 1. The quantitative estimate of drug-likeness (QED) is 0.646. The Bertz CT molecular complexity index is 796. The van der Waals surface area contributed by atoms with Crippen molar-refractivity contribution in [1.82, 2.24) is 15.3 Å². The first-order chi connectivity index (χ1) is 12.3. The van der Waals surface area contributed by atoms with Crippen LogP contribution in [0.15, 0.2) is 36.5 Å². The van der Waals surface area contributed by atoms with E-state index in [1.165, 1.54) is 12.1 Å². The van der Waals surface area contributed by atoms with Crippen LogP contribution in [0.4, 0.5) is 19.1 Å². The van der Waals surface area contributed by atoms with E-state index in [1.807, 2.05) is 0 Å². The monoisotopic (exact) mass is 368 g/mol. The molecule has 0 aliphatic carbocycles. The van der Waals surface area contributed by atoms with E-state index in [4.69, 9.17) is 5.11 Å². The summed E-state index contributed by atoms with van der Waals surface area (Å²) in [5.74, 6) is -1.74. The molecule has 3 N–H and O–H groups in total. The van der Waals surface area contributed by atoms with Gasteiger partial charge in [0.1, 0.15) is 5.69 Å². The van der Waals surface area contributed by atoms with Crippen LogP contribution in [-0.4, -0.2) is 40.0 Å². The first-order valence-electron chi connectivity index (χ1n) is 7.49. The standard InChI is InChI=1S/C16H15F3N4O3/c17-16(18,19)12-5-6-21-15(23-12)22-8-7-20-13(24)9-10-3-1-2-4-11(10)14(25)26/h1-6H,7-9H2,(H,20,24)(H,25,26)(H,21,22,23). The van der Waals surface area contributed by atoms with Gasteiger partial charge in [-0.1, -0.05) is 18.2 Å². The van der Waals surface area contributed by atoms with Crippen molar-refractivity contribution in [3.63, 3.8) is 0 Å². The molecule has 26 heavy (non-hydrogen) atoms. The van der Waals surface area contributed by atoms with E-state index in [1.54, 1.807) is 12.1 Å². The lowest BCUT2D eigenvalue weighted by molar-refractivity contribution is -0.141. The van der Waals surface area contributed by atoms with Crippen LogP contribution in [0.1, 0.15) is 21.6 Å². The van der Waals surface area contributed by atoms with Gasteiger partial charge in [0.05, 0.1) is 12.0 Å². The highest BCUT2D eigenvalue weighted by molar-refractivity contribution is 5.91. The number of nitrogens with one attached hydrogen (secondary N) is 2. The number of carboxylic acid groups (broad SMARTS) is 1. The highest BCUT2D eigenvalue weighted by Crippen LogP contribution is 2.27. The van der Waals surface area contributed by atoms with E-state index >= 15 is 0 Å². The second-order valence-corrected chi connectivity index (χ2v) is 5.18. The summed E-state index contributed by atoms with van der Waals surface area (Å²) in [6, 6.07) is 6.88. The zero-order chi connectivity index (χ0) is 19.2. The molecule has 1 aromatic heterocycles. The molecule has 1 aromatic carbocycles. The number of carboxylic acids is 1. The number of rotatable bonds is 7. The molecule has 1 heterocycles. The maximum absolute atomic E-state index is 12.5. The Morgan fingerprint density at radius 2 is 1.85 bits per heavy atom. The SMILES string of the molecule is O=C(Cc1ccccc1C(=O)O)NCCNc1nccc(C(F)(F)F)n1. The van der Waals surface area contributed by atoms with Crippen molar-refractivity contribution in [2.75, 3.05) is 18.4 Å². The number of benzene rings is 1. The molecule has 0 bridgehead atoms. The minimum Gasteiger partial charge on any atom is -0.478 e. The van der Waals surface area contributed by atoms with Gasteiger partial charge in [0.2, 0.25) is 11.9 Å². The summed E-state index contributed by atoms with van der Waals surface area (Å²) in [6.07, 6.45) is -3.70. The van der Waals surface area contributed by atoms with Crippen LogP contribution in [-0.2, 0) is 17.4 Å². The van der Waals surface area contributed by atoms with Crippen molar-refractivity contribution in [3.8, 4) is 0 Å². The van der Waals surface area contributed by atoms with Crippen LogP contribution in [0.3, 0.4) is 0 Å². The molecule has 10 heteroatoms. The van der Waals surface area contributed by atoms with E-state index in [2.05, 4.69) is 20.6 Å². The minimum atomic E-state index is -4.56.